The molecule has 1 heterocycles. The lowest BCUT2D eigenvalue weighted by molar-refractivity contribution is 0.989. The van der Waals surface area contributed by atoms with Crippen LogP contribution >= 0.6 is 12.6 Å². The minimum atomic E-state index is -0.238. The van der Waals surface area contributed by atoms with E-state index in [0.717, 1.165) is 0 Å². The van der Waals surface area contributed by atoms with Gasteiger partial charge in [0, 0.05) is 5.56 Å². The van der Waals surface area contributed by atoms with Crippen LogP contribution in [-0.2, 0) is 0 Å². The zero-order valence-corrected chi connectivity index (χ0v) is 6.27. The van der Waals surface area contributed by atoms with Crippen LogP contribution in [0.15, 0.2) is 9.82 Å². The van der Waals surface area contributed by atoms with Crippen molar-refractivity contribution in [2.45, 2.75) is 11.9 Å². The zero-order valence-electron chi connectivity index (χ0n) is 5.38. The van der Waals surface area contributed by atoms with Crippen molar-refractivity contribution in [2.75, 3.05) is 5.73 Å². The van der Waals surface area contributed by atoms with E-state index in [0.29, 0.717) is 10.6 Å². The first-order valence-electron chi connectivity index (χ1n) is 2.66. The lowest BCUT2D eigenvalue weighted by Crippen LogP contribution is -2.14. The second-order valence-electron chi connectivity index (χ2n) is 1.90. The van der Waals surface area contributed by atoms with Gasteiger partial charge in [0.05, 0.1) is 0 Å². The smallest absolute Gasteiger partial charge is 0.256 e. The molecule has 0 aliphatic carbocycles. The molecule has 10 heavy (non-hydrogen) atoms. The molecule has 0 radical (unpaired) electrons. The lowest BCUT2D eigenvalue weighted by atomic mass is 10.4. The number of nitrogens with zero attached hydrogens (tertiary/aromatic N) is 1. The van der Waals surface area contributed by atoms with Crippen molar-refractivity contribution in [2.24, 2.45) is 0 Å². The van der Waals surface area contributed by atoms with Crippen molar-refractivity contribution < 1.29 is 0 Å². The van der Waals surface area contributed by atoms with Crippen LogP contribution in [0.2, 0.25) is 0 Å². The maximum atomic E-state index is 10.8. The van der Waals surface area contributed by atoms with Crippen molar-refractivity contribution in [3.63, 3.8) is 0 Å². The number of aromatic nitrogens is 2. The number of nitrogens with one attached hydrogen (secondary N) is 1. The number of hydrogen-bond acceptors (Lipinski definition) is 4. The highest BCUT2D eigenvalue weighted by Crippen LogP contribution is 2.03. The highest BCUT2D eigenvalue weighted by molar-refractivity contribution is 7.80. The normalized spacial score (nSPS) is 9.80. The van der Waals surface area contributed by atoms with E-state index < -0.39 is 0 Å². The Morgan fingerprint density at radius 2 is 2.30 bits per heavy atom. The van der Waals surface area contributed by atoms with E-state index in [-0.39, 0.29) is 11.5 Å². The standard InChI is InChI=1S/C5H7N3OS/c1-2-3(9)7-5(6)8-4(2)10/h1H3,(H4,6,7,8,9,10). The first kappa shape index (κ1) is 7.14. The number of anilines is 1. The van der Waals surface area contributed by atoms with Gasteiger partial charge in [0.2, 0.25) is 5.95 Å². The van der Waals surface area contributed by atoms with E-state index in [2.05, 4.69) is 22.6 Å². The van der Waals surface area contributed by atoms with Crippen LogP contribution in [0.1, 0.15) is 5.56 Å². The average molecular weight is 157 g/mol. The Hall–Kier alpha value is -0.970. The summed E-state index contributed by atoms with van der Waals surface area (Å²) in [5.74, 6) is 0.0978. The Kier molecular flexibility index (Phi) is 1.67. The zero-order chi connectivity index (χ0) is 7.72. The maximum absolute atomic E-state index is 10.8. The van der Waals surface area contributed by atoms with Gasteiger partial charge in [-0.1, -0.05) is 0 Å². The molecular formula is C5H7N3OS. The molecule has 54 valence electrons. The quantitative estimate of drug-likeness (QED) is 0.365. The fourth-order valence-electron chi connectivity index (χ4n) is 0.538. The number of thiol groups is 1. The average Bonchev–Trinajstić information content (AvgIpc) is 1.82. The van der Waals surface area contributed by atoms with Crippen LogP contribution in [0.25, 0.3) is 0 Å². The van der Waals surface area contributed by atoms with E-state index in [1.54, 1.807) is 6.92 Å². The Balaban J connectivity index is 3.46. The Morgan fingerprint density at radius 3 is 2.80 bits per heavy atom. The number of rotatable bonds is 0. The van der Waals surface area contributed by atoms with Gasteiger partial charge in [-0.15, -0.1) is 12.6 Å². The summed E-state index contributed by atoms with van der Waals surface area (Å²) in [6.45, 7) is 1.63. The SMILES string of the molecule is Cc1c(S)nc(N)[nH]c1=O. The molecule has 0 atom stereocenters. The van der Waals surface area contributed by atoms with Crippen LogP contribution in [0.5, 0.6) is 0 Å². The van der Waals surface area contributed by atoms with E-state index >= 15 is 0 Å². The van der Waals surface area contributed by atoms with Gasteiger partial charge in [-0.25, -0.2) is 4.98 Å². The van der Waals surface area contributed by atoms with Gasteiger partial charge in [-0.2, -0.15) is 0 Å². The lowest BCUT2D eigenvalue weighted by Gasteiger charge is -1.96. The predicted octanol–water partition coefficient (Wildman–Crippen LogP) is -0.0508. The minimum Gasteiger partial charge on any atom is -0.369 e. The maximum Gasteiger partial charge on any atom is 0.256 e. The van der Waals surface area contributed by atoms with Gasteiger partial charge in [-0.05, 0) is 6.92 Å². The van der Waals surface area contributed by atoms with Gasteiger partial charge in [0.15, 0.2) is 0 Å². The van der Waals surface area contributed by atoms with Gasteiger partial charge in [0.25, 0.3) is 5.56 Å². The number of nitrogen functional groups attached to an aromatic ring is 1. The summed E-state index contributed by atoms with van der Waals surface area (Å²) in [7, 11) is 0. The second kappa shape index (κ2) is 2.34. The van der Waals surface area contributed by atoms with Crippen LogP contribution in [0, 0.1) is 6.92 Å². The van der Waals surface area contributed by atoms with Gasteiger partial charge < -0.3 is 5.73 Å². The fraction of sp³-hybridized carbons (Fsp3) is 0.200. The third-order valence-electron chi connectivity index (χ3n) is 1.14. The van der Waals surface area contributed by atoms with Crippen molar-refractivity contribution in [3.05, 3.63) is 15.9 Å². The molecule has 3 N–H and O–H groups in total. The third kappa shape index (κ3) is 1.13. The van der Waals surface area contributed by atoms with Crippen molar-refractivity contribution in [1.29, 1.82) is 0 Å². The summed E-state index contributed by atoms with van der Waals surface area (Å²) >= 11 is 3.93. The number of hydrogen-bond donors (Lipinski definition) is 3. The molecular weight excluding hydrogens is 150 g/mol. The van der Waals surface area contributed by atoms with Gasteiger partial charge in [-0.3, -0.25) is 9.78 Å². The summed E-state index contributed by atoms with van der Waals surface area (Å²) in [4.78, 5) is 16.9. The molecule has 0 aliphatic heterocycles. The first-order valence-corrected chi connectivity index (χ1v) is 3.11. The van der Waals surface area contributed by atoms with Crippen LogP contribution in [-0.4, -0.2) is 9.97 Å². The Morgan fingerprint density at radius 1 is 1.70 bits per heavy atom. The summed E-state index contributed by atoms with van der Waals surface area (Å²) < 4.78 is 0. The Bertz CT molecular complexity index is 306. The van der Waals surface area contributed by atoms with E-state index in [1.165, 1.54) is 0 Å². The minimum absolute atomic E-state index is 0.0978. The van der Waals surface area contributed by atoms with E-state index in [4.69, 9.17) is 5.73 Å². The van der Waals surface area contributed by atoms with Gasteiger partial charge in [0.1, 0.15) is 5.03 Å². The fourth-order valence-corrected chi connectivity index (χ4v) is 0.747. The molecule has 0 saturated carbocycles. The van der Waals surface area contributed by atoms with Crippen LogP contribution < -0.4 is 11.3 Å². The number of aromatic amines is 1. The van der Waals surface area contributed by atoms with Gasteiger partial charge >= 0.3 is 0 Å². The molecule has 1 aromatic rings. The van der Waals surface area contributed by atoms with E-state index in [9.17, 15) is 4.79 Å². The molecule has 0 spiro atoms. The van der Waals surface area contributed by atoms with Crippen molar-refractivity contribution in [1.82, 2.24) is 9.97 Å². The summed E-state index contributed by atoms with van der Waals surface area (Å²) in [5.41, 5.74) is 5.46. The van der Waals surface area contributed by atoms with Crippen LogP contribution in [0.3, 0.4) is 0 Å². The molecule has 4 nitrogen and oxygen atoms in total. The highest BCUT2D eigenvalue weighted by atomic mass is 32.1. The highest BCUT2D eigenvalue weighted by Gasteiger charge is 1.99. The molecule has 0 amide bonds. The first-order chi connectivity index (χ1) is 4.61. The largest absolute Gasteiger partial charge is 0.369 e. The summed E-state index contributed by atoms with van der Waals surface area (Å²) in [6.07, 6.45) is 0. The van der Waals surface area contributed by atoms with Crippen molar-refractivity contribution in [3.8, 4) is 0 Å². The Labute approximate surface area is 62.9 Å². The molecule has 5 heteroatoms. The number of nitrogens with two attached hydrogens (primary N) is 1. The second-order valence-corrected chi connectivity index (χ2v) is 2.32. The monoisotopic (exact) mass is 157 g/mol. The molecule has 0 fully saturated rings. The molecule has 0 aromatic carbocycles. The topological polar surface area (TPSA) is 71.8 Å². The van der Waals surface area contributed by atoms with Crippen molar-refractivity contribution >= 4 is 18.6 Å². The predicted molar refractivity (Wildman–Crippen MR) is 41.3 cm³/mol. The molecule has 1 rings (SSSR count). The molecule has 0 aliphatic rings. The molecule has 1 aromatic heterocycles. The molecule has 0 saturated heterocycles. The summed E-state index contributed by atoms with van der Waals surface area (Å²) in [5, 5.41) is 0.376. The molecule has 0 unspecified atom stereocenters. The summed E-state index contributed by atoms with van der Waals surface area (Å²) in [6, 6.07) is 0. The number of H-pyrrole nitrogens is 1. The van der Waals surface area contributed by atoms with Crippen LogP contribution in [0.4, 0.5) is 5.95 Å². The van der Waals surface area contributed by atoms with E-state index in [1.807, 2.05) is 0 Å². The molecule has 0 bridgehead atoms. The third-order valence-corrected chi connectivity index (χ3v) is 1.58.